The second-order valence-corrected chi connectivity index (χ2v) is 7.10. The van der Waals surface area contributed by atoms with E-state index in [0.29, 0.717) is 24.3 Å². The van der Waals surface area contributed by atoms with Crippen molar-refractivity contribution in [1.82, 2.24) is 19.5 Å². The maximum absolute atomic E-state index is 13.2. The molecule has 29 heavy (non-hydrogen) atoms. The van der Waals surface area contributed by atoms with Crippen molar-refractivity contribution in [3.63, 3.8) is 0 Å². The first-order valence-corrected chi connectivity index (χ1v) is 9.79. The molecule has 1 amide bonds. The Morgan fingerprint density at radius 2 is 1.52 bits per heavy atom. The molecule has 2 aromatic carbocycles. The fourth-order valence-corrected chi connectivity index (χ4v) is 3.85. The number of amides is 1. The zero-order chi connectivity index (χ0) is 19.6. The molecule has 0 aliphatic carbocycles. The Kier molecular flexibility index (Phi) is 4.44. The number of benzene rings is 2. The van der Waals surface area contributed by atoms with Crippen LogP contribution in [0.5, 0.6) is 0 Å². The van der Waals surface area contributed by atoms with Gasteiger partial charge in [0, 0.05) is 43.6 Å². The Labute approximate surface area is 169 Å². The molecule has 0 spiro atoms. The van der Waals surface area contributed by atoms with Gasteiger partial charge in [0.2, 0.25) is 0 Å². The summed E-state index contributed by atoms with van der Waals surface area (Å²) >= 11 is 0. The van der Waals surface area contributed by atoms with Crippen molar-refractivity contribution in [2.45, 2.75) is 0 Å². The normalized spacial score (nSPS) is 14.3. The van der Waals surface area contributed by atoms with Crippen molar-refractivity contribution >= 4 is 17.2 Å². The molecule has 3 heterocycles. The van der Waals surface area contributed by atoms with Gasteiger partial charge in [-0.15, -0.1) is 0 Å². The molecule has 1 aliphatic heterocycles. The van der Waals surface area contributed by atoms with E-state index in [1.807, 2.05) is 59.5 Å². The van der Waals surface area contributed by atoms with Crippen LogP contribution in [-0.2, 0) is 0 Å². The summed E-state index contributed by atoms with van der Waals surface area (Å²) in [7, 11) is 0. The topological polar surface area (TPSA) is 53.7 Å². The van der Waals surface area contributed by atoms with Gasteiger partial charge in [-0.3, -0.25) is 4.79 Å². The van der Waals surface area contributed by atoms with Crippen LogP contribution in [0.4, 0.5) is 5.69 Å². The third-order valence-corrected chi connectivity index (χ3v) is 5.39. The smallest absolute Gasteiger partial charge is 0.259 e. The lowest BCUT2D eigenvalue weighted by Gasteiger charge is -2.36. The highest BCUT2D eigenvalue weighted by atomic mass is 16.2. The Balaban J connectivity index is 1.38. The number of hydrogen-bond donors (Lipinski definition) is 0. The fraction of sp³-hybridized carbons (Fsp3) is 0.174. The molecule has 5 rings (SSSR count). The molecule has 6 heteroatoms. The minimum Gasteiger partial charge on any atom is -0.368 e. The Morgan fingerprint density at radius 1 is 0.828 bits per heavy atom. The van der Waals surface area contributed by atoms with Crippen LogP contribution >= 0.6 is 0 Å². The molecule has 144 valence electrons. The zero-order valence-corrected chi connectivity index (χ0v) is 16.0. The van der Waals surface area contributed by atoms with E-state index in [4.69, 9.17) is 0 Å². The van der Waals surface area contributed by atoms with E-state index in [0.717, 1.165) is 24.3 Å². The lowest BCUT2D eigenvalue weighted by Crippen LogP contribution is -2.48. The highest BCUT2D eigenvalue weighted by Crippen LogP contribution is 2.22. The van der Waals surface area contributed by atoms with Crippen LogP contribution in [0.2, 0.25) is 0 Å². The standard InChI is InChI=1S/C23H21N5O/c29-23(27-15-13-26(14-16-27)19-9-5-2-6-10-19)20-17-25-28-21(11-12-24-22(20)28)18-7-3-1-4-8-18/h1-12,17H,13-16H2. The summed E-state index contributed by atoms with van der Waals surface area (Å²) in [4.78, 5) is 21.8. The number of fused-ring (bicyclic) bond motifs is 1. The molecular weight excluding hydrogens is 362 g/mol. The van der Waals surface area contributed by atoms with Gasteiger partial charge in [0.15, 0.2) is 5.65 Å². The van der Waals surface area contributed by atoms with Gasteiger partial charge in [-0.2, -0.15) is 5.10 Å². The molecule has 1 fully saturated rings. The molecule has 0 unspecified atom stereocenters. The van der Waals surface area contributed by atoms with Gasteiger partial charge in [0.25, 0.3) is 5.91 Å². The summed E-state index contributed by atoms with van der Waals surface area (Å²) in [6.45, 7) is 3.00. The van der Waals surface area contributed by atoms with E-state index in [2.05, 4.69) is 27.1 Å². The third-order valence-electron chi connectivity index (χ3n) is 5.39. The number of rotatable bonds is 3. The largest absolute Gasteiger partial charge is 0.368 e. The summed E-state index contributed by atoms with van der Waals surface area (Å²) in [6, 6.07) is 22.3. The molecule has 0 N–H and O–H groups in total. The molecule has 2 aromatic heterocycles. The van der Waals surface area contributed by atoms with Gasteiger partial charge >= 0.3 is 0 Å². The Morgan fingerprint density at radius 3 is 2.24 bits per heavy atom. The molecule has 0 bridgehead atoms. The summed E-state index contributed by atoms with van der Waals surface area (Å²) < 4.78 is 1.75. The molecular formula is C23H21N5O. The van der Waals surface area contributed by atoms with Crippen molar-refractivity contribution in [1.29, 1.82) is 0 Å². The van der Waals surface area contributed by atoms with Crippen molar-refractivity contribution in [2.24, 2.45) is 0 Å². The number of hydrogen-bond acceptors (Lipinski definition) is 4. The number of piperazine rings is 1. The molecule has 0 radical (unpaired) electrons. The second-order valence-electron chi connectivity index (χ2n) is 7.10. The maximum Gasteiger partial charge on any atom is 0.259 e. The SMILES string of the molecule is O=C(c1cnn2c(-c3ccccc3)ccnc12)N1CCN(c2ccccc2)CC1. The van der Waals surface area contributed by atoms with E-state index < -0.39 is 0 Å². The van der Waals surface area contributed by atoms with Crippen LogP contribution in [0.1, 0.15) is 10.4 Å². The van der Waals surface area contributed by atoms with Crippen LogP contribution in [-0.4, -0.2) is 51.6 Å². The first kappa shape index (κ1) is 17.4. The quantitative estimate of drug-likeness (QED) is 0.544. The number of carbonyl (C=O) groups excluding carboxylic acids is 1. The molecule has 6 nitrogen and oxygen atoms in total. The fourth-order valence-electron chi connectivity index (χ4n) is 3.85. The predicted octanol–water partition coefficient (Wildman–Crippen LogP) is 3.36. The molecule has 0 atom stereocenters. The minimum absolute atomic E-state index is 0.00887. The number of carbonyl (C=O) groups is 1. The van der Waals surface area contributed by atoms with E-state index in [9.17, 15) is 4.79 Å². The predicted molar refractivity (Wildman–Crippen MR) is 113 cm³/mol. The molecule has 1 aliphatic rings. The van der Waals surface area contributed by atoms with Crippen molar-refractivity contribution in [2.75, 3.05) is 31.1 Å². The van der Waals surface area contributed by atoms with Crippen molar-refractivity contribution < 1.29 is 4.79 Å². The van der Waals surface area contributed by atoms with Gasteiger partial charge in [-0.1, -0.05) is 48.5 Å². The van der Waals surface area contributed by atoms with Crippen LogP contribution in [0.25, 0.3) is 16.9 Å². The average Bonchev–Trinajstić information content (AvgIpc) is 3.24. The van der Waals surface area contributed by atoms with E-state index >= 15 is 0 Å². The molecule has 0 saturated carbocycles. The van der Waals surface area contributed by atoms with Gasteiger partial charge < -0.3 is 9.80 Å². The average molecular weight is 383 g/mol. The first-order chi connectivity index (χ1) is 14.3. The number of nitrogens with zero attached hydrogens (tertiary/aromatic N) is 5. The highest BCUT2D eigenvalue weighted by Gasteiger charge is 2.25. The third kappa shape index (κ3) is 3.23. The van der Waals surface area contributed by atoms with Gasteiger partial charge in [0.05, 0.1) is 11.9 Å². The van der Waals surface area contributed by atoms with Crippen LogP contribution in [0, 0.1) is 0 Å². The van der Waals surface area contributed by atoms with Gasteiger partial charge in [-0.25, -0.2) is 9.50 Å². The molecule has 1 saturated heterocycles. The van der Waals surface area contributed by atoms with E-state index in [1.54, 1.807) is 16.9 Å². The zero-order valence-electron chi connectivity index (χ0n) is 16.0. The number of para-hydroxylation sites is 1. The summed E-state index contributed by atoms with van der Waals surface area (Å²) in [5, 5.41) is 4.47. The van der Waals surface area contributed by atoms with Gasteiger partial charge in [-0.05, 0) is 18.2 Å². The Hall–Kier alpha value is -3.67. The van der Waals surface area contributed by atoms with Crippen molar-refractivity contribution in [3.05, 3.63) is 84.7 Å². The summed E-state index contributed by atoms with van der Waals surface area (Å²) in [5.41, 5.74) is 4.31. The monoisotopic (exact) mass is 383 g/mol. The number of aromatic nitrogens is 3. The maximum atomic E-state index is 13.2. The van der Waals surface area contributed by atoms with Crippen LogP contribution in [0.15, 0.2) is 79.1 Å². The van der Waals surface area contributed by atoms with E-state index in [-0.39, 0.29) is 5.91 Å². The molecule has 4 aromatic rings. The highest BCUT2D eigenvalue weighted by molar-refractivity contribution is 6.00. The van der Waals surface area contributed by atoms with Crippen LogP contribution < -0.4 is 4.90 Å². The van der Waals surface area contributed by atoms with Crippen LogP contribution in [0.3, 0.4) is 0 Å². The van der Waals surface area contributed by atoms with Gasteiger partial charge in [0.1, 0.15) is 5.56 Å². The minimum atomic E-state index is -0.00887. The van der Waals surface area contributed by atoms with Crippen molar-refractivity contribution in [3.8, 4) is 11.3 Å². The number of anilines is 1. The summed E-state index contributed by atoms with van der Waals surface area (Å²) in [5.74, 6) is -0.00887. The lowest BCUT2D eigenvalue weighted by molar-refractivity contribution is 0.0748. The summed E-state index contributed by atoms with van der Waals surface area (Å²) in [6.07, 6.45) is 3.38. The lowest BCUT2D eigenvalue weighted by atomic mass is 10.1. The second kappa shape index (κ2) is 7.39. The first-order valence-electron chi connectivity index (χ1n) is 9.79. The Bertz CT molecular complexity index is 1130. The van der Waals surface area contributed by atoms with E-state index in [1.165, 1.54) is 5.69 Å².